The van der Waals surface area contributed by atoms with Gasteiger partial charge in [-0.05, 0) is 6.07 Å². The molecule has 0 aliphatic rings. The van der Waals surface area contributed by atoms with Crippen molar-refractivity contribution < 1.29 is 4.74 Å². The number of ether oxygens (including phenoxy) is 1. The highest BCUT2D eigenvalue weighted by Crippen LogP contribution is 2.23. The standard InChI is InChI=1S/C9H12ClNO/c1-12-9(6-11)7-4-2-3-5-8(7)10/h2-5,9H,6,11H2,1H3/t9-/m1/s1. The average Bonchev–Trinajstić information content (AvgIpc) is 2.10. The average molecular weight is 186 g/mol. The molecule has 0 amide bonds. The number of benzene rings is 1. The molecule has 0 saturated carbocycles. The molecule has 0 saturated heterocycles. The highest BCUT2D eigenvalue weighted by Gasteiger charge is 2.10. The number of hydrogen-bond donors (Lipinski definition) is 1. The summed E-state index contributed by atoms with van der Waals surface area (Å²) in [5, 5.41) is 0.704. The molecule has 0 radical (unpaired) electrons. The van der Waals surface area contributed by atoms with Gasteiger partial charge in [0.25, 0.3) is 0 Å². The van der Waals surface area contributed by atoms with Crippen LogP contribution in [0.4, 0.5) is 0 Å². The molecule has 0 bridgehead atoms. The maximum Gasteiger partial charge on any atom is 0.0957 e. The van der Waals surface area contributed by atoms with E-state index in [1.54, 1.807) is 7.11 Å². The topological polar surface area (TPSA) is 35.2 Å². The molecule has 1 atom stereocenters. The van der Waals surface area contributed by atoms with E-state index in [4.69, 9.17) is 22.1 Å². The van der Waals surface area contributed by atoms with Crippen LogP contribution in [0.1, 0.15) is 11.7 Å². The Morgan fingerprint density at radius 1 is 1.50 bits per heavy atom. The third-order valence-corrected chi connectivity index (χ3v) is 2.09. The first-order valence-corrected chi connectivity index (χ1v) is 4.14. The van der Waals surface area contributed by atoms with Crippen molar-refractivity contribution in [3.63, 3.8) is 0 Å². The quantitative estimate of drug-likeness (QED) is 0.782. The van der Waals surface area contributed by atoms with E-state index in [9.17, 15) is 0 Å². The van der Waals surface area contributed by atoms with Gasteiger partial charge in [-0.2, -0.15) is 0 Å². The second-order valence-corrected chi connectivity index (χ2v) is 2.89. The summed E-state index contributed by atoms with van der Waals surface area (Å²) < 4.78 is 5.16. The summed E-state index contributed by atoms with van der Waals surface area (Å²) in [7, 11) is 1.63. The fraction of sp³-hybridized carbons (Fsp3) is 0.333. The fourth-order valence-corrected chi connectivity index (χ4v) is 1.34. The molecule has 0 aliphatic heterocycles. The van der Waals surface area contributed by atoms with Crippen LogP contribution in [-0.2, 0) is 4.74 Å². The van der Waals surface area contributed by atoms with Crippen molar-refractivity contribution in [2.24, 2.45) is 5.73 Å². The van der Waals surface area contributed by atoms with E-state index in [2.05, 4.69) is 0 Å². The second kappa shape index (κ2) is 4.45. The zero-order valence-corrected chi connectivity index (χ0v) is 7.71. The molecule has 0 heterocycles. The van der Waals surface area contributed by atoms with Gasteiger partial charge in [0.2, 0.25) is 0 Å². The van der Waals surface area contributed by atoms with Crippen LogP contribution in [-0.4, -0.2) is 13.7 Å². The Kier molecular flexibility index (Phi) is 3.53. The number of hydrogen-bond acceptors (Lipinski definition) is 2. The summed E-state index contributed by atoms with van der Waals surface area (Å²) in [5.41, 5.74) is 6.45. The van der Waals surface area contributed by atoms with Crippen LogP contribution in [0.2, 0.25) is 5.02 Å². The summed E-state index contributed by atoms with van der Waals surface area (Å²) in [5.74, 6) is 0. The molecule has 1 aromatic rings. The van der Waals surface area contributed by atoms with Crippen LogP contribution in [0.15, 0.2) is 24.3 Å². The maximum atomic E-state index is 5.94. The molecule has 1 rings (SSSR count). The van der Waals surface area contributed by atoms with Crippen molar-refractivity contribution in [1.29, 1.82) is 0 Å². The summed E-state index contributed by atoms with van der Waals surface area (Å²) in [6, 6.07) is 7.56. The molecule has 0 unspecified atom stereocenters. The molecule has 2 nitrogen and oxygen atoms in total. The lowest BCUT2D eigenvalue weighted by Gasteiger charge is -2.14. The van der Waals surface area contributed by atoms with E-state index >= 15 is 0 Å². The Balaban J connectivity index is 2.92. The Hall–Kier alpha value is -0.570. The van der Waals surface area contributed by atoms with Crippen molar-refractivity contribution in [2.45, 2.75) is 6.10 Å². The first-order chi connectivity index (χ1) is 5.79. The number of methoxy groups -OCH3 is 1. The lowest BCUT2D eigenvalue weighted by Crippen LogP contribution is -2.14. The molecule has 1 aromatic carbocycles. The van der Waals surface area contributed by atoms with E-state index in [0.29, 0.717) is 11.6 Å². The molecule has 66 valence electrons. The van der Waals surface area contributed by atoms with Gasteiger partial charge < -0.3 is 10.5 Å². The lowest BCUT2D eigenvalue weighted by molar-refractivity contribution is 0.110. The number of rotatable bonds is 3. The van der Waals surface area contributed by atoms with Crippen LogP contribution in [0, 0.1) is 0 Å². The Labute approximate surface area is 77.3 Å². The van der Waals surface area contributed by atoms with E-state index < -0.39 is 0 Å². The van der Waals surface area contributed by atoms with Gasteiger partial charge in [-0.3, -0.25) is 0 Å². The van der Waals surface area contributed by atoms with Gasteiger partial charge in [0.15, 0.2) is 0 Å². The molecule has 3 heteroatoms. The lowest BCUT2D eigenvalue weighted by atomic mass is 10.1. The van der Waals surface area contributed by atoms with Crippen molar-refractivity contribution in [3.05, 3.63) is 34.9 Å². The first kappa shape index (κ1) is 9.52. The molecule has 0 spiro atoms. The van der Waals surface area contributed by atoms with Crippen LogP contribution < -0.4 is 5.73 Å². The zero-order chi connectivity index (χ0) is 8.97. The van der Waals surface area contributed by atoms with E-state index in [1.807, 2.05) is 24.3 Å². The van der Waals surface area contributed by atoms with E-state index in [-0.39, 0.29) is 6.10 Å². The van der Waals surface area contributed by atoms with E-state index in [1.165, 1.54) is 0 Å². The first-order valence-electron chi connectivity index (χ1n) is 3.77. The minimum atomic E-state index is -0.0984. The summed E-state index contributed by atoms with van der Waals surface area (Å²) in [6.07, 6.45) is -0.0984. The maximum absolute atomic E-state index is 5.94. The molecule has 0 aromatic heterocycles. The third kappa shape index (κ3) is 1.97. The Bertz CT molecular complexity index is 248. The van der Waals surface area contributed by atoms with Gasteiger partial charge in [-0.15, -0.1) is 0 Å². The van der Waals surface area contributed by atoms with Crippen molar-refractivity contribution >= 4 is 11.6 Å². The molecule has 2 N–H and O–H groups in total. The minimum Gasteiger partial charge on any atom is -0.375 e. The SMILES string of the molecule is CO[C@H](CN)c1ccccc1Cl. The van der Waals surface area contributed by atoms with Crippen molar-refractivity contribution in [1.82, 2.24) is 0 Å². The van der Waals surface area contributed by atoms with Crippen molar-refractivity contribution in [3.8, 4) is 0 Å². The third-order valence-electron chi connectivity index (χ3n) is 1.75. The summed E-state index contributed by atoms with van der Waals surface area (Å²) in [4.78, 5) is 0. The number of nitrogens with two attached hydrogens (primary N) is 1. The largest absolute Gasteiger partial charge is 0.375 e. The van der Waals surface area contributed by atoms with Crippen LogP contribution in [0.3, 0.4) is 0 Å². The highest BCUT2D eigenvalue weighted by molar-refractivity contribution is 6.31. The van der Waals surface area contributed by atoms with Gasteiger partial charge >= 0.3 is 0 Å². The second-order valence-electron chi connectivity index (χ2n) is 2.48. The smallest absolute Gasteiger partial charge is 0.0957 e. The molecular formula is C9H12ClNO. The predicted octanol–water partition coefficient (Wildman–Crippen LogP) is 1.99. The molecule has 0 aliphatic carbocycles. The van der Waals surface area contributed by atoms with Gasteiger partial charge in [0.05, 0.1) is 6.10 Å². The molecule has 0 fully saturated rings. The van der Waals surface area contributed by atoms with Gasteiger partial charge in [0.1, 0.15) is 0 Å². The Morgan fingerprint density at radius 3 is 2.67 bits per heavy atom. The van der Waals surface area contributed by atoms with Gasteiger partial charge in [-0.25, -0.2) is 0 Å². The van der Waals surface area contributed by atoms with Crippen LogP contribution in [0.5, 0.6) is 0 Å². The monoisotopic (exact) mass is 185 g/mol. The number of halogens is 1. The predicted molar refractivity (Wildman–Crippen MR) is 50.3 cm³/mol. The van der Waals surface area contributed by atoms with Crippen LogP contribution in [0.25, 0.3) is 0 Å². The highest BCUT2D eigenvalue weighted by atomic mass is 35.5. The van der Waals surface area contributed by atoms with Crippen molar-refractivity contribution in [2.75, 3.05) is 13.7 Å². The Morgan fingerprint density at radius 2 is 2.17 bits per heavy atom. The zero-order valence-electron chi connectivity index (χ0n) is 6.96. The van der Waals surface area contributed by atoms with E-state index in [0.717, 1.165) is 5.56 Å². The fourth-order valence-electron chi connectivity index (χ4n) is 1.09. The molecular weight excluding hydrogens is 174 g/mol. The minimum absolute atomic E-state index is 0.0984. The van der Waals surface area contributed by atoms with Gasteiger partial charge in [-0.1, -0.05) is 29.8 Å². The van der Waals surface area contributed by atoms with Gasteiger partial charge in [0, 0.05) is 24.2 Å². The van der Waals surface area contributed by atoms with Crippen LogP contribution >= 0.6 is 11.6 Å². The summed E-state index contributed by atoms with van der Waals surface area (Å²) >= 11 is 5.94. The molecule has 12 heavy (non-hydrogen) atoms. The normalized spacial score (nSPS) is 12.9. The summed E-state index contributed by atoms with van der Waals surface area (Å²) in [6.45, 7) is 0.445.